The highest BCUT2D eigenvalue weighted by Crippen LogP contribution is 2.23. The molecule has 10 heteroatoms. The molecule has 0 amide bonds. The number of hydrogen-bond acceptors (Lipinski definition) is 3. The number of aliphatic imine (C=N–C) groups is 1. The molecule has 1 aliphatic heterocycles. The van der Waals surface area contributed by atoms with Gasteiger partial charge in [0.25, 0.3) is 0 Å². The molecule has 0 aromatic carbocycles. The van der Waals surface area contributed by atoms with Crippen molar-refractivity contribution in [1.82, 2.24) is 20.5 Å². The highest BCUT2D eigenvalue weighted by molar-refractivity contribution is 14.0. The fourth-order valence-electron chi connectivity index (χ4n) is 3.18. The Morgan fingerprint density at radius 3 is 2.50 bits per heavy atom. The van der Waals surface area contributed by atoms with E-state index in [4.69, 9.17) is 11.6 Å². The van der Waals surface area contributed by atoms with Crippen molar-refractivity contribution in [3.8, 4) is 0 Å². The number of likely N-dealkylation sites (tertiary alicyclic amines) is 1. The Morgan fingerprint density at radius 2 is 1.93 bits per heavy atom. The van der Waals surface area contributed by atoms with Gasteiger partial charge in [-0.15, -0.1) is 24.0 Å². The minimum absolute atomic E-state index is 0. The molecule has 0 spiro atoms. The first-order valence-corrected chi connectivity index (χ1v) is 9.57. The molecule has 5 nitrogen and oxygen atoms in total. The smallest absolute Gasteiger partial charge is 0.356 e. The molecule has 1 saturated heterocycles. The van der Waals surface area contributed by atoms with E-state index in [-0.39, 0.29) is 24.0 Å². The Balaban J connectivity index is 0.00000392. The largest absolute Gasteiger partial charge is 0.401 e. The number of alkyl halides is 3. The first kappa shape index (κ1) is 25.2. The molecule has 1 aromatic rings. The highest BCUT2D eigenvalue weighted by atomic mass is 127. The number of nitrogens with one attached hydrogen (secondary N) is 2. The molecule has 1 aromatic heterocycles. The van der Waals surface area contributed by atoms with Crippen molar-refractivity contribution >= 4 is 41.5 Å². The van der Waals surface area contributed by atoms with Crippen LogP contribution < -0.4 is 10.6 Å². The van der Waals surface area contributed by atoms with Crippen molar-refractivity contribution in [3.05, 3.63) is 29.0 Å². The molecule has 0 unspecified atom stereocenters. The molecule has 0 bridgehead atoms. The van der Waals surface area contributed by atoms with E-state index in [9.17, 15) is 13.2 Å². The summed E-state index contributed by atoms with van der Waals surface area (Å²) in [5.41, 5.74) is 1.09. The van der Waals surface area contributed by atoms with Crippen LogP contribution in [0, 0.1) is 5.92 Å². The average molecular weight is 534 g/mol. The van der Waals surface area contributed by atoms with Crippen LogP contribution in [0.15, 0.2) is 23.3 Å². The first-order chi connectivity index (χ1) is 12.9. The summed E-state index contributed by atoms with van der Waals surface area (Å²) in [6.07, 6.45) is 1.02. The van der Waals surface area contributed by atoms with Crippen LogP contribution in [-0.4, -0.2) is 61.8 Å². The molecule has 0 radical (unpaired) electrons. The fourth-order valence-corrected chi connectivity index (χ4v) is 3.29. The molecule has 0 aliphatic carbocycles. The third kappa shape index (κ3) is 10.1. The van der Waals surface area contributed by atoms with E-state index in [0.29, 0.717) is 24.2 Å². The Hall–Kier alpha value is -0.810. The van der Waals surface area contributed by atoms with Crippen LogP contribution >= 0.6 is 35.6 Å². The molecule has 0 atom stereocenters. The van der Waals surface area contributed by atoms with Crippen LogP contribution in [0.4, 0.5) is 13.2 Å². The van der Waals surface area contributed by atoms with Gasteiger partial charge in [0.2, 0.25) is 0 Å². The number of guanidine groups is 1. The predicted molar refractivity (Wildman–Crippen MR) is 118 cm³/mol. The van der Waals surface area contributed by atoms with Crippen molar-refractivity contribution in [2.75, 3.05) is 39.8 Å². The van der Waals surface area contributed by atoms with Gasteiger partial charge in [0, 0.05) is 26.3 Å². The van der Waals surface area contributed by atoms with E-state index in [1.54, 1.807) is 19.3 Å². The lowest BCUT2D eigenvalue weighted by Crippen LogP contribution is -2.42. The standard InChI is InChI=1S/C18H27ClF3N5.HI/c1-23-17(25-9-5-15-2-3-16(19)26-12-15)24-8-4-14-6-10-27(11-7-14)13-18(20,21)22;/h2-3,12,14H,4-11,13H2,1H3,(H2,23,24,25);1H. The number of nitrogens with zero attached hydrogens (tertiary/aromatic N) is 3. The van der Waals surface area contributed by atoms with Crippen LogP contribution in [0.25, 0.3) is 0 Å². The summed E-state index contributed by atoms with van der Waals surface area (Å²) in [6.45, 7) is 1.72. The maximum absolute atomic E-state index is 12.4. The number of hydrogen-bond donors (Lipinski definition) is 2. The van der Waals surface area contributed by atoms with Gasteiger partial charge in [0.15, 0.2) is 5.96 Å². The van der Waals surface area contributed by atoms with Crippen molar-refractivity contribution < 1.29 is 13.2 Å². The van der Waals surface area contributed by atoms with Gasteiger partial charge in [-0.2, -0.15) is 13.2 Å². The summed E-state index contributed by atoms with van der Waals surface area (Å²) in [5.74, 6) is 1.19. The zero-order valence-corrected chi connectivity index (χ0v) is 19.0. The second-order valence-electron chi connectivity index (χ2n) is 6.79. The summed E-state index contributed by atoms with van der Waals surface area (Å²) < 4.78 is 37.2. The van der Waals surface area contributed by atoms with E-state index >= 15 is 0 Å². The van der Waals surface area contributed by atoms with E-state index < -0.39 is 12.7 Å². The van der Waals surface area contributed by atoms with Gasteiger partial charge >= 0.3 is 6.18 Å². The lowest BCUT2D eigenvalue weighted by molar-refractivity contribution is -0.148. The van der Waals surface area contributed by atoms with Crippen LogP contribution in [0.2, 0.25) is 5.15 Å². The zero-order chi connectivity index (χ0) is 19.7. The molecule has 2 heterocycles. The normalized spacial score (nSPS) is 16.5. The van der Waals surface area contributed by atoms with Crippen molar-refractivity contribution in [1.29, 1.82) is 0 Å². The Bertz CT molecular complexity index is 590. The van der Waals surface area contributed by atoms with Gasteiger partial charge in [-0.25, -0.2) is 4.98 Å². The van der Waals surface area contributed by atoms with E-state index in [1.165, 1.54) is 4.90 Å². The lowest BCUT2D eigenvalue weighted by atomic mass is 9.93. The zero-order valence-electron chi connectivity index (χ0n) is 15.9. The number of piperidine rings is 1. The summed E-state index contributed by atoms with van der Waals surface area (Å²) >= 11 is 5.77. The number of halogens is 5. The third-order valence-corrected chi connectivity index (χ3v) is 4.90. The predicted octanol–water partition coefficient (Wildman–Crippen LogP) is 3.72. The molecule has 1 aliphatic rings. The monoisotopic (exact) mass is 533 g/mol. The third-order valence-electron chi connectivity index (χ3n) is 4.67. The minimum Gasteiger partial charge on any atom is -0.356 e. The van der Waals surface area contributed by atoms with Crippen molar-refractivity contribution in [2.45, 2.75) is 31.9 Å². The summed E-state index contributed by atoms with van der Waals surface area (Å²) in [7, 11) is 1.72. The molecular weight excluding hydrogens is 506 g/mol. The van der Waals surface area contributed by atoms with Crippen molar-refractivity contribution in [3.63, 3.8) is 0 Å². The number of pyridine rings is 1. The van der Waals surface area contributed by atoms with Crippen LogP contribution in [0.3, 0.4) is 0 Å². The second-order valence-corrected chi connectivity index (χ2v) is 7.18. The Labute approximate surface area is 186 Å². The minimum atomic E-state index is -4.10. The summed E-state index contributed by atoms with van der Waals surface area (Å²) in [6, 6.07) is 3.71. The molecule has 0 saturated carbocycles. The van der Waals surface area contributed by atoms with E-state index in [1.807, 2.05) is 6.07 Å². The molecule has 1 fully saturated rings. The van der Waals surface area contributed by atoms with Gasteiger partial charge < -0.3 is 10.6 Å². The topological polar surface area (TPSA) is 52.6 Å². The van der Waals surface area contributed by atoms with Crippen LogP contribution in [-0.2, 0) is 6.42 Å². The Kier molecular flexibility index (Phi) is 11.4. The number of aromatic nitrogens is 1. The Morgan fingerprint density at radius 1 is 1.25 bits per heavy atom. The second kappa shape index (κ2) is 12.7. The van der Waals surface area contributed by atoms with Gasteiger partial charge in [-0.05, 0) is 56.3 Å². The molecule has 2 N–H and O–H groups in total. The quantitative estimate of drug-likeness (QED) is 0.243. The summed E-state index contributed by atoms with van der Waals surface area (Å²) in [4.78, 5) is 9.74. The molecular formula is C18H28ClF3IN5. The van der Waals surface area contributed by atoms with Gasteiger partial charge in [0.1, 0.15) is 5.15 Å². The molecule has 160 valence electrons. The first-order valence-electron chi connectivity index (χ1n) is 9.20. The molecule has 28 heavy (non-hydrogen) atoms. The van der Waals surface area contributed by atoms with Gasteiger partial charge in [0.05, 0.1) is 6.54 Å². The fraction of sp³-hybridized carbons (Fsp3) is 0.667. The average Bonchev–Trinajstić information content (AvgIpc) is 2.62. The van der Waals surface area contributed by atoms with E-state index in [2.05, 4.69) is 20.6 Å². The number of rotatable bonds is 7. The van der Waals surface area contributed by atoms with Crippen LogP contribution in [0.5, 0.6) is 0 Å². The lowest BCUT2D eigenvalue weighted by Gasteiger charge is -2.32. The maximum Gasteiger partial charge on any atom is 0.401 e. The highest BCUT2D eigenvalue weighted by Gasteiger charge is 2.32. The SMILES string of the molecule is CN=C(NCCc1ccc(Cl)nc1)NCCC1CCN(CC(F)(F)F)CC1.I. The van der Waals surface area contributed by atoms with Crippen LogP contribution in [0.1, 0.15) is 24.8 Å². The summed E-state index contributed by atoms with van der Waals surface area (Å²) in [5, 5.41) is 7.00. The maximum atomic E-state index is 12.4. The van der Waals surface area contributed by atoms with Gasteiger partial charge in [-0.3, -0.25) is 9.89 Å². The van der Waals surface area contributed by atoms with Gasteiger partial charge in [-0.1, -0.05) is 17.7 Å². The van der Waals surface area contributed by atoms with Crippen molar-refractivity contribution in [2.24, 2.45) is 10.9 Å². The van der Waals surface area contributed by atoms with E-state index in [0.717, 1.165) is 50.3 Å². The molecule has 2 rings (SSSR count).